The van der Waals surface area contributed by atoms with E-state index >= 15 is 0 Å². The van der Waals surface area contributed by atoms with Crippen LogP contribution in [0.1, 0.15) is 20.8 Å². The van der Waals surface area contributed by atoms with Crippen molar-refractivity contribution >= 4 is 29.1 Å². The van der Waals surface area contributed by atoms with Gasteiger partial charge >= 0.3 is 0 Å². The largest absolute Gasteiger partial charge is 0.364 e. The van der Waals surface area contributed by atoms with Crippen LogP contribution in [0.3, 0.4) is 0 Å². The lowest BCUT2D eigenvalue weighted by molar-refractivity contribution is 0.0992. The molecule has 0 atom stereocenters. The van der Waals surface area contributed by atoms with E-state index in [4.69, 9.17) is 17.3 Å². The fourth-order valence-electron chi connectivity index (χ4n) is 2.20. The summed E-state index contributed by atoms with van der Waals surface area (Å²) in [5, 5.41) is 7.27. The Morgan fingerprint density at radius 1 is 1.04 bits per heavy atom. The van der Waals surface area contributed by atoms with Crippen LogP contribution in [0, 0.1) is 0 Å². The molecule has 0 unspecified atom stereocenters. The molecule has 0 aliphatic heterocycles. The van der Waals surface area contributed by atoms with Gasteiger partial charge in [-0.3, -0.25) is 9.59 Å². The zero-order chi connectivity index (χ0) is 17.1. The Morgan fingerprint density at radius 2 is 1.75 bits per heavy atom. The highest BCUT2D eigenvalue weighted by atomic mass is 35.5. The minimum Gasteiger partial charge on any atom is -0.364 e. The van der Waals surface area contributed by atoms with Crippen molar-refractivity contribution in [2.45, 2.75) is 0 Å². The molecule has 2 amide bonds. The second kappa shape index (κ2) is 6.55. The number of aromatic nitrogens is 2. The number of anilines is 1. The third-order valence-electron chi connectivity index (χ3n) is 3.36. The first-order valence-electron chi connectivity index (χ1n) is 7.07. The van der Waals surface area contributed by atoms with Gasteiger partial charge in [-0.15, -0.1) is 0 Å². The number of carbonyl (C=O) groups is 2. The highest BCUT2D eigenvalue weighted by Crippen LogP contribution is 2.22. The first kappa shape index (κ1) is 15.8. The molecule has 0 aliphatic carbocycles. The number of halogens is 1. The fraction of sp³-hybridized carbons (Fsp3) is 0. The zero-order valence-corrected chi connectivity index (χ0v) is 13.2. The van der Waals surface area contributed by atoms with E-state index in [1.807, 2.05) is 0 Å². The van der Waals surface area contributed by atoms with Gasteiger partial charge in [0, 0.05) is 6.20 Å². The Morgan fingerprint density at radius 3 is 2.46 bits per heavy atom. The van der Waals surface area contributed by atoms with Crippen LogP contribution in [0.2, 0.25) is 5.02 Å². The van der Waals surface area contributed by atoms with E-state index in [1.54, 1.807) is 54.7 Å². The van der Waals surface area contributed by atoms with Crippen molar-refractivity contribution in [2.24, 2.45) is 5.73 Å². The van der Waals surface area contributed by atoms with Crippen molar-refractivity contribution in [1.82, 2.24) is 9.78 Å². The quantitative estimate of drug-likeness (QED) is 0.765. The number of benzene rings is 2. The van der Waals surface area contributed by atoms with Crippen molar-refractivity contribution in [3.05, 3.63) is 77.1 Å². The van der Waals surface area contributed by atoms with Gasteiger partial charge in [0.25, 0.3) is 11.8 Å². The molecule has 24 heavy (non-hydrogen) atoms. The molecule has 120 valence electrons. The lowest BCUT2D eigenvalue weighted by atomic mass is 10.2. The summed E-state index contributed by atoms with van der Waals surface area (Å²) in [5.41, 5.74) is 6.86. The van der Waals surface area contributed by atoms with Crippen LogP contribution in [0.15, 0.2) is 60.8 Å². The first-order chi connectivity index (χ1) is 11.6. The van der Waals surface area contributed by atoms with E-state index in [0.717, 1.165) is 0 Å². The van der Waals surface area contributed by atoms with Crippen molar-refractivity contribution in [3.63, 3.8) is 0 Å². The first-order valence-corrected chi connectivity index (χ1v) is 7.45. The Balaban J connectivity index is 1.93. The van der Waals surface area contributed by atoms with Crippen LogP contribution >= 0.6 is 11.6 Å². The monoisotopic (exact) mass is 340 g/mol. The summed E-state index contributed by atoms with van der Waals surface area (Å²) in [6.45, 7) is 0. The third kappa shape index (κ3) is 3.13. The number of nitrogens with zero attached hydrogens (tertiary/aromatic N) is 2. The number of primary amides is 1. The number of hydrogen-bond acceptors (Lipinski definition) is 3. The molecule has 6 nitrogen and oxygen atoms in total. The van der Waals surface area contributed by atoms with Crippen molar-refractivity contribution in [3.8, 4) is 5.69 Å². The Kier molecular flexibility index (Phi) is 4.31. The molecule has 0 radical (unpaired) electrons. The third-order valence-corrected chi connectivity index (χ3v) is 3.69. The number of rotatable bonds is 4. The SMILES string of the molecule is NC(=O)c1ccn(-c2ccccc2NC(=O)c2ccccc2Cl)n1. The summed E-state index contributed by atoms with van der Waals surface area (Å²) in [6, 6.07) is 15.4. The predicted molar refractivity (Wildman–Crippen MR) is 91.5 cm³/mol. The highest BCUT2D eigenvalue weighted by Gasteiger charge is 2.14. The second-order valence-electron chi connectivity index (χ2n) is 4.96. The molecule has 2 aromatic carbocycles. The van der Waals surface area contributed by atoms with Crippen LogP contribution in [0.5, 0.6) is 0 Å². The lowest BCUT2D eigenvalue weighted by Crippen LogP contribution is -2.15. The molecule has 3 rings (SSSR count). The molecule has 7 heteroatoms. The van der Waals surface area contributed by atoms with E-state index in [1.165, 1.54) is 10.7 Å². The lowest BCUT2D eigenvalue weighted by Gasteiger charge is -2.11. The molecule has 3 aromatic rings. The number of amides is 2. The smallest absolute Gasteiger partial charge is 0.269 e. The molecule has 1 heterocycles. The molecule has 0 fully saturated rings. The van der Waals surface area contributed by atoms with Gasteiger partial charge in [-0.05, 0) is 30.3 Å². The van der Waals surface area contributed by atoms with Crippen LogP contribution in [-0.2, 0) is 0 Å². The number of hydrogen-bond donors (Lipinski definition) is 2. The highest BCUT2D eigenvalue weighted by molar-refractivity contribution is 6.34. The molecule has 0 saturated carbocycles. The van der Waals surface area contributed by atoms with Gasteiger partial charge < -0.3 is 11.1 Å². The Hall–Kier alpha value is -3.12. The van der Waals surface area contributed by atoms with Crippen LogP contribution in [-0.4, -0.2) is 21.6 Å². The molecule has 3 N–H and O–H groups in total. The van der Waals surface area contributed by atoms with E-state index in [0.29, 0.717) is 22.0 Å². The fourth-order valence-corrected chi connectivity index (χ4v) is 2.43. The Bertz CT molecular complexity index is 920. The number of carbonyl (C=O) groups excluding carboxylic acids is 2. The molecule has 0 saturated heterocycles. The summed E-state index contributed by atoms with van der Waals surface area (Å²) >= 11 is 6.05. The normalized spacial score (nSPS) is 10.4. The van der Waals surface area contributed by atoms with E-state index in [-0.39, 0.29) is 11.6 Å². The van der Waals surface area contributed by atoms with Crippen LogP contribution in [0.4, 0.5) is 5.69 Å². The predicted octanol–water partition coefficient (Wildman–Crippen LogP) is 2.88. The molecule has 0 spiro atoms. The standard InChI is InChI=1S/C17H13ClN4O2/c18-12-6-2-1-5-11(12)17(24)20-13-7-3-4-8-15(13)22-10-9-14(21-22)16(19)23/h1-10H,(H2,19,23)(H,20,24). The second-order valence-corrected chi connectivity index (χ2v) is 5.37. The maximum Gasteiger partial charge on any atom is 0.269 e. The van der Waals surface area contributed by atoms with Gasteiger partial charge in [-0.1, -0.05) is 35.9 Å². The summed E-state index contributed by atoms with van der Waals surface area (Å²) in [6.07, 6.45) is 1.60. The van der Waals surface area contributed by atoms with E-state index < -0.39 is 5.91 Å². The van der Waals surface area contributed by atoms with Crippen molar-refractivity contribution < 1.29 is 9.59 Å². The van der Waals surface area contributed by atoms with Gasteiger partial charge in [0.15, 0.2) is 0 Å². The number of para-hydroxylation sites is 2. The van der Waals surface area contributed by atoms with Crippen LogP contribution < -0.4 is 11.1 Å². The topological polar surface area (TPSA) is 90.0 Å². The molecular formula is C17H13ClN4O2. The molecule has 0 bridgehead atoms. The van der Waals surface area contributed by atoms with Gasteiger partial charge in [-0.25, -0.2) is 4.68 Å². The van der Waals surface area contributed by atoms with Gasteiger partial charge in [-0.2, -0.15) is 5.10 Å². The summed E-state index contributed by atoms with van der Waals surface area (Å²) in [5.74, 6) is -0.957. The van der Waals surface area contributed by atoms with Crippen molar-refractivity contribution in [1.29, 1.82) is 0 Å². The average Bonchev–Trinajstić information content (AvgIpc) is 3.06. The summed E-state index contributed by atoms with van der Waals surface area (Å²) < 4.78 is 1.47. The van der Waals surface area contributed by atoms with Crippen molar-refractivity contribution in [2.75, 3.05) is 5.32 Å². The molecule has 1 aromatic heterocycles. The minimum absolute atomic E-state index is 0.141. The molecule has 0 aliphatic rings. The van der Waals surface area contributed by atoms with Gasteiger partial charge in [0.2, 0.25) is 0 Å². The van der Waals surface area contributed by atoms with E-state index in [2.05, 4.69) is 10.4 Å². The summed E-state index contributed by atoms with van der Waals surface area (Å²) in [4.78, 5) is 23.6. The van der Waals surface area contributed by atoms with Gasteiger partial charge in [0.1, 0.15) is 5.69 Å². The van der Waals surface area contributed by atoms with Gasteiger partial charge in [0.05, 0.1) is 22.0 Å². The average molecular weight is 341 g/mol. The maximum absolute atomic E-state index is 12.4. The summed E-state index contributed by atoms with van der Waals surface area (Å²) in [7, 11) is 0. The number of nitrogens with one attached hydrogen (secondary N) is 1. The van der Waals surface area contributed by atoms with Crippen LogP contribution in [0.25, 0.3) is 5.69 Å². The zero-order valence-electron chi connectivity index (χ0n) is 12.4. The molecular weight excluding hydrogens is 328 g/mol. The maximum atomic E-state index is 12.4. The Labute approximate surface area is 142 Å². The minimum atomic E-state index is -0.619. The van der Waals surface area contributed by atoms with E-state index in [9.17, 15) is 9.59 Å². The number of nitrogens with two attached hydrogens (primary N) is 1.